The van der Waals surface area contributed by atoms with Crippen LogP contribution in [0.4, 0.5) is 4.39 Å². The van der Waals surface area contributed by atoms with Crippen LogP contribution < -0.4 is 5.73 Å². The Balaban J connectivity index is 2.79. The van der Waals surface area contributed by atoms with Gasteiger partial charge in [-0.15, -0.1) is 0 Å². The SMILES string of the molecule is CC(O)CCN(C)Cc1cccc(/C(N)=N/O)c1F. The molecule has 0 saturated heterocycles. The van der Waals surface area contributed by atoms with E-state index in [1.54, 1.807) is 19.1 Å². The zero-order chi connectivity index (χ0) is 14.4. The molecule has 0 aromatic heterocycles. The average molecular weight is 269 g/mol. The Bertz CT molecular complexity index is 450. The number of benzene rings is 1. The van der Waals surface area contributed by atoms with Gasteiger partial charge in [0.1, 0.15) is 5.82 Å². The lowest BCUT2D eigenvalue weighted by molar-refractivity contribution is 0.162. The number of aliphatic hydroxyl groups is 1. The summed E-state index contributed by atoms with van der Waals surface area (Å²) in [7, 11) is 1.85. The number of hydrogen-bond donors (Lipinski definition) is 3. The molecule has 106 valence electrons. The summed E-state index contributed by atoms with van der Waals surface area (Å²) in [5, 5.41) is 20.6. The van der Waals surface area contributed by atoms with Gasteiger partial charge in [0.25, 0.3) is 0 Å². The van der Waals surface area contributed by atoms with Crippen LogP contribution in [-0.4, -0.2) is 40.7 Å². The molecule has 1 unspecified atom stereocenters. The van der Waals surface area contributed by atoms with Crippen LogP contribution in [0.15, 0.2) is 23.4 Å². The zero-order valence-corrected chi connectivity index (χ0v) is 11.2. The summed E-state index contributed by atoms with van der Waals surface area (Å²) >= 11 is 0. The first-order chi connectivity index (χ1) is 8.95. The summed E-state index contributed by atoms with van der Waals surface area (Å²) in [5.41, 5.74) is 5.96. The van der Waals surface area contributed by atoms with E-state index in [0.29, 0.717) is 25.1 Å². The van der Waals surface area contributed by atoms with Crippen LogP contribution in [0.5, 0.6) is 0 Å². The van der Waals surface area contributed by atoms with Crippen molar-refractivity contribution < 1.29 is 14.7 Å². The fourth-order valence-corrected chi connectivity index (χ4v) is 1.73. The van der Waals surface area contributed by atoms with E-state index in [4.69, 9.17) is 10.9 Å². The lowest BCUT2D eigenvalue weighted by Gasteiger charge is -2.18. The molecule has 6 heteroatoms. The second kappa shape index (κ2) is 7.06. The summed E-state index contributed by atoms with van der Waals surface area (Å²) < 4.78 is 14.1. The lowest BCUT2D eigenvalue weighted by atomic mass is 10.1. The quantitative estimate of drug-likeness (QED) is 0.313. The number of amidine groups is 1. The lowest BCUT2D eigenvalue weighted by Crippen LogP contribution is -2.23. The number of oxime groups is 1. The van der Waals surface area contributed by atoms with Crippen molar-refractivity contribution in [3.8, 4) is 0 Å². The maximum Gasteiger partial charge on any atom is 0.173 e. The van der Waals surface area contributed by atoms with Crippen molar-refractivity contribution in [1.82, 2.24) is 4.90 Å². The zero-order valence-electron chi connectivity index (χ0n) is 11.2. The van der Waals surface area contributed by atoms with E-state index in [-0.39, 0.29) is 17.5 Å². The van der Waals surface area contributed by atoms with Crippen LogP contribution in [-0.2, 0) is 6.54 Å². The molecule has 0 aliphatic rings. The normalized spacial score (nSPS) is 13.8. The van der Waals surface area contributed by atoms with Crippen molar-refractivity contribution in [1.29, 1.82) is 0 Å². The molecule has 0 bridgehead atoms. The number of nitrogens with two attached hydrogens (primary N) is 1. The van der Waals surface area contributed by atoms with E-state index in [1.165, 1.54) is 6.07 Å². The highest BCUT2D eigenvalue weighted by molar-refractivity contribution is 5.97. The van der Waals surface area contributed by atoms with Gasteiger partial charge in [0.15, 0.2) is 5.84 Å². The molecule has 4 N–H and O–H groups in total. The molecule has 0 heterocycles. The molecule has 0 amide bonds. The van der Waals surface area contributed by atoms with E-state index in [2.05, 4.69) is 5.16 Å². The van der Waals surface area contributed by atoms with Crippen LogP contribution in [0.2, 0.25) is 0 Å². The van der Waals surface area contributed by atoms with E-state index < -0.39 is 5.82 Å². The minimum atomic E-state index is -0.485. The molecule has 1 atom stereocenters. The Kier molecular flexibility index (Phi) is 5.72. The van der Waals surface area contributed by atoms with Crippen molar-refractivity contribution in [3.63, 3.8) is 0 Å². The summed E-state index contributed by atoms with van der Waals surface area (Å²) in [5.74, 6) is -0.729. The first-order valence-electron chi connectivity index (χ1n) is 6.07. The highest BCUT2D eigenvalue weighted by Gasteiger charge is 2.13. The average Bonchev–Trinajstić information content (AvgIpc) is 2.38. The molecular weight excluding hydrogens is 249 g/mol. The summed E-state index contributed by atoms with van der Waals surface area (Å²) in [6.07, 6.45) is 0.244. The predicted molar refractivity (Wildman–Crippen MR) is 71.5 cm³/mol. The molecule has 0 saturated carbocycles. The van der Waals surface area contributed by atoms with Crippen molar-refractivity contribution in [2.45, 2.75) is 26.0 Å². The van der Waals surface area contributed by atoms with Gasteiger partial charge < -0.3 is 20.9 Å². The molecule has 0 spiro atoms. The van der Waals surface area contributed by atoms with Crippen molar-refractivity contribution in [2.24, 2.45) is 10.9 Å². The third kappa shape index (κ3) is 4.50. The maximum atomic E-state index is 14.1. The second-order valence-electron chi connectivity index (χ2n) is 4.64. The number of hydrogen-bond acceptors (Lipinski definition) is 4. The molecule has 0 fully saturated rings. The third-order valence-corrected chi connectivity index (χ3v) is 2.83. The largest absolute Gasteiger partial charge is 0.409 e. The topological polar surface area (TPSA) is 82.1 Å². The summed E-state index contributed by atoms with van der Waals surface area (Å²) in [6.45, 7) is 2.77. The van der Waals surface area contributed by atoms with Crippen LogP contribution in [0.25, 0.3) is 0 Å². The van der Waals surface area contributed by atoms with Crippen LogP contribution in [0.3, 0.4) is 0 Å². The molecule has 5 nitrogen and oxygen atoms in total. The van der Waals surface area contributed by atoms with Crippen LogP contribution >= 0.6 is 0 Å². The standard InChI is InChI=1S/C13H20FN3O2/c1-9(18)6-7-17(2)8-10-4-3-5-11(12(10)14)13(15)16-19/h3-5,9,18-19H,6-8H2,1-2H3,(H2,15,16). The van der Waals surface area contributed by atoms with Gasteiger partial charge in [0.05, 0.1) is 11.7 Å². The Morgan fingerprint density at radius 1 is 1.53 bits per heavy atom. The van der Waals surface area contributed by atoms with Gasteiger partial charge in [-0.05, 0) is 26.5 Å². The Labute approximate surface area is 112 Å². The maximum absolute atomic E-state index is 14.1. The number of halogens is 1. The number of aliphatic hydroxyl groups excluding tert-OH is 1. The van der Waals surface area contributed by atoms with Gasteiger partial charge in [-0.1, -0.05) is 17.3 Å². The van der Waals surface area contributed by atoms with E-state index >= 15 is 0 Å². The van der Waals surface area contributed by atoms with Gasteiger partial charge in [-0.2, -0.15) is 0 Å². The van der Waals surface area contributed by atoms with Crippen molar-refractivity contribution in [2.75, 3.05) is 13.6 Å². The van der Waals surface area contributed by atoms with E-state index in [9.17, 15) is 9.50 Å². The number of rotatable bonds is 6. The van der Waals surface area contributed by atoms with Gasteiger partial charge >= 0.3 is 0 Å². The molecule has 19 heavy (non-hydrogen) atoms. The highest BCUT2D eigenvalue weighted by atomic mass is 19.1. The monoisotopic (exact) mass is 269 g/mol. The fourth-order valence-electron chi connectivity index (χ4n) is 1.73. The first-order valence-corrected chi connectivity index (χ1v) is 6.07. The van der Waals surface area contributed by atoms with Crippen molar-refractivity contribution >= 4 is 5.84 Å². The van der Waals surface area contributed by atoms with Gasteiger partial charge in [-0.3, -0.25) is 0 Å². The van der Waals surface area contributed by atoms with Crippen LogP contribution in [0.1, 0.15) is 24.5 Å². The molecule has 1 aromatic rings. The van der Waals surface area contributed by atoms with Gasteiger partial charge in [0.2, 0.25) is 0 Å². The fraction of sp³-hybridized carbons (Fsp3) is 0.462. The van der Waals surface area contributed by atoms with E-state index in [1.807, 2.05) is 11.9 Å². The van der Waals surface area contributed by atoms with Crippen LogP contribution in [0, 0.1) is 5.82 Å². The first kappa shape index (κ1) is 15.4. The predicted octanol–water partition coefficient (Wildman–Crippen LogP) is 1.12. The van der Waals surface area contributed by atoms with E-state index in [0.717, 1.165) is 0 Å². The Morgan fingerprint density at radius 2 is 2.21 bits per heavy atom. The minimum absolute atomic E-state index is 0.0870. The van der Waals surface area contributed by atoms with Gasteiger partial charge in [-0.25, -0.2) is 4.39 Å². The minimum Gasteiger partial charge on any atom is -0.409 e. The summed E-state index contributed by atoms with van der Waals surface area (Å²) in [6, 6.07) is 4.78. The molecule has 0 radical (unpaired) electrons. The Hall–Kier alpha value is -1.66. The molecular formula is C13H20FN3O2. The number of nitrogens with zero attached hydrogens (tertiary/aromatic N) is 2. The second-order valence-corrected chi connectivity index (χ2v) is 4.64. The molecule has 1 aromatic carbocycles. The highest BCUT2D eigenvalue weighted by Crippen LogP contribution is 2.14. The molecule has 0 aliphatic carbocycles. The molecule has 1 rings (SSSR count). The third-order valence-electron chi connectivity index (χ3n) is 2.83. The Morgan fingerprint density at radius 3 is 2.79 bits per heavy atom. The van der Waals surface area contributed by atoms with Gasteiger partial charge in [0, 0.05) is 18.7 Å². The van der Waals surface area contributed by atoms with Crippen molar-refractivity contribution in [3.05, 3.63) is 35.1 Å². The molecule has 0 aliphatic heterocycles. The summed E-state index contributed by atoms with van der Waals surface area (Å²) in [4.78, 5) is 1.90. The smallest absolute Gasteiger partial charge is 0.173 e.